The van der Waals surface area contributed by atoms with E-state index < -0.39 is 70.5 Å². The van der Waals surface area contributed by atoms with Gasteiger partial charge in [-0.1, -0.05) is 19.9 Å². The number of alkyl halides is 7. The van der Waals surface area contributed by atoms with E-state index in [0.29, 0.717) is 6.42 Å². The number of hydrogen-bond donors (Lipinski definition) is 1. The first-order valence-electron chi connectivity index (χ1n) is 8.04. The summed E-state index contributed by atoms with van der Waals surface area (Å²) in [5.41, 5.74) is 0. The van der Waals surface area contributed by atoms with Crippen molar-refractivity contribution in [2.45, 2.75) is 49.3 Å². The summed E-state index contributed by atoms with van der Waals surface area (Å²) in [5, 5.41) is -4.67. The average Bonchev–Trinajstić information content (AvgIpc) is 2.58. The highest BCUT2D eigenvalue weighted by molar-refractivity contribution is 7.86. The third-order valence-electron chi connectivity index (χ3n) is 3.41. The van der Waals surface area contributed by atoms with Crippen molar-refractivity contribution in [1.82, 2.24) is 5.32 Å². The fourth-order valence-corrected chi connectivity index (χ4v) is 2.21. The summed E-state index contributed by atoms with van der Waals surface area (Å²) >= 11 is 0. The zero-order valence-electron chi connectivity index (χ0n) is 15.5. The molecule has 0 aliphatic carbocycles. The average molecular weight is 494 g/mol. The molecule has 17 heteroatoms. The van der Waals surface area contributed by atoms with E-state index in [-0.39, 0.29) is 6.42 Å². The summed E-state index contributed by atoms with van der Waals surface area (Å²) in [6, 6.07) is 0. The molecule has 1 atom stereocenters. The van der Waals surface area contributed by atoms with Crippen LogP contribution in [0.3, 0.4) is 0 Å². The fourth-order valence-electron chi connectivity index (χ4n) is 1.74. The summed E-state index contributed by atoms with van der Waals surface area (Å²) in [4.78, 5) is 23.2. The van der Waals surface area contributed by atoms with Gasteiger partial charge in [0.25, 0.3) is 0 Å². The molecule has 31 heavy (non-hydrogen) atoms. The van der Waals surface area contributed by atoms with E-state index in [9.17, 15) is 57.7 Å². The molecule has 0 fully saturated rings. The molecule has 0 aliphatic rings. The minimum atomic E-state index is -6.95. The smallest absolute Gasteiger partial charge is 0.466 e. The normalized spacial score (nSPS) is 15.2. The van der Waals surface area contributed by atoms with Crippen LogP contribution >= 0.6 is 0 Å². The first kappa shape index (κ1) is 29.0. The van der Waals surface area contributed by atoms with Gasteiger partial charge >= 0.3 is 35.0 Å². The van der Waals surface area contributed by atoms with Crippen LogP contribution in [0.15, 0.2) is 12.4 Å². The van der Waals surface area contributed by atoms with Crippen LogP contribution in [0.4, 0.5) is 35.1 Å². The van der Waals surface area contributed by atoms with E-state index in [1.165, 1.54) is 0 Å². The Labute approximate surface area is 170 Å². The summed E-state index contributed by atoms with van der Waals surface area (Å²) in [7, 11) is -6.95. The van der Waals surface area contributed by atoms with Gasteiger partial charge in [-0.15, -0.1) is 0 Å². The van der Waals surface area contributed by atoms with Crippen LogP contribution in [0.25, 0.3) is 0 Å². The second-order valence-corrected chi connectivity index (χ2v) is 7.21. The highest BCUT2D eigenvalue weighted by Gasteiger charge is 2.67. The molecule has 0 aromatic carbocycles. The van der Waals surface area contributed by atoms with E-state index in [2.05, 4.69) is 16.1 Å². The van der Waals surface area contributed by atoms with Crippen molar-refractivity contribution in [1.29, 1.82) is 0 Å². The van der Waals surface area contributed by atoms with Crippen LogP contribution in [-0.2, 0) is 29.2 Å². The molecule has 0 aliphatic heterocycles. The molecule has 1 amide bonds. The van der Waals surface area contributed by atoms with Gasteiger partial charge < -0.3 is 19.3 Å². The van der Waals surface area contributed by atoms with Gasteiger partial charge in [-0.3, -0.25) is 4.79 Å². The van der Waals surface area contributed by atoms with Crippen molar-refractivity contribution < 1.29 is 67.2 Å². The number of rotatable bonds is 12. The lowest BCUT2D eigenvalue weighted by molar-refractivity contribution is -0.350. The SMILES string of the molecule is C=C(F)C(=O)OC(OCCC(F)(F)C(F)(F)S(=O)(=O)[O-])(C(=O)NCCCC)C(F)(F)F. The maximum atomic E-state index is 13.5. The Morgan fingerprint density at radius 1 is 1.10 bits per heavy atom. The van der Waals surface area contributed by atoms with E-state index in [4.69, 9.17) is 0 Å². The van der Waals surface area contributed by atoms with Crippen molar-refractivity contribution in [3.8, 4) is 0 Å². The minimum absolute atomic E-state index is 0.0785. The number of halogens is 8. The minimum Gasteiger partial charge on any atom is -0.743 e. The first-order chi connectivity index (χ1) is 13.8. The molecule has 1 N–H and O–H groups in total. The molecule has 0 bridgehead atoms. The van der Waals surface area contributed by atoms with E-state index in [1.54, 1.807) is 12.2 Å². The largest absolute Gasteiger partial charge is 0.743 e. The zero-order valence-corrected chi connectivity index (χ0v) is 16.3. The van der Waals surface area contributed by atoms with Crippen LogP contribution in [0.2, 0.25) is 0 Å². The van der Waals surface area contributed by atoms with Gasteiger partial charge in [-0.2, -0.15) is 35.1 Å². The van der Waals surface area contributed by atoms with E-state index in [0.717, 1.165) is 0 Å². The molecule has 0 heterocycles. The van der Waals surface area contributed by atoms with Gasteiger partial charge in [0, 0.05) is 13.0 Å². The molecule has 0 aromatic heterocycles. The molecular weight excluding hydrogens is 478 g/mol. The second kappa shape index (κ2) is 10.1. The number of unbranched alkanes of at least 4 members (excludes halogenated alkanes) is 1. The highest BCUT2D eigenvalue weighted by Crippen LogP contribution is 2.42. The Balaban J connectivity index is 5.96. The summed E-state index contributed by atoms with van der Waals surface area (Å²) in [6.45, 7) is 1.20. The summed E-state index contributed by atoms with van der Waals surface area (Å²) in [5.74, 6) is -17.5. The van der Waals surface area contributed by atoms with Gasteiger partial charge in [0.2, 0.25) is 5.83 Å². The van der Waals surface area contributed by atoms with E-state index >= 15 is 0 Å². The first-order valence-corrected chi connectivity index (χ1v) is 9.45. The number of carbonyl (C=O) groups is 2. The fraction of sp³-hybridized carbons (Fsp3) is 0.714. The van der Waals surface area contributed by atoms with Gasteiger partial charge in [-0.05, 0) is 6.42 Å². The van der Waals surface area contributed by atoms with Gasteiger partial charge in [0.05, 0.1) is 6.61 Å². The Morgan fingerprint density at radius 2 is 1.61 bits per heavy atom. The van der Waals surface area contributed by atoms with Crippen molar-refractivity contribution in [3.05, 3.63) is 12.4 Å². The van der Waals surface area contributed by atoms with E-state index in [1.807, 2.05) is 0 Å². The zero-order chi connectivity index (χ0) is 24.9. The standard InChI is InChI=1S/C14H17F8NO7S/c1-3-4-6-23-10(25)12(13(18,19)20,30-9(24)8(2)15)29-7-5-11(16,17)14(21,22)31(26,27)28/h2-7H2,1H3,(H,23,25)(H,26,27,28)/p-1. The van der Waals surface area contributed by atoms with Gasteiger partial charge in [0.1, 0.15) is 0 Å². The quantitative estimate of drug-likeness (QED) is 0.110. The second-order valence-electron chi connectivity index (χ2n) is 5.79. The molecular formula is C14H16F8NO7S-. The maximum absolute atomic E-state index is 13.5. The van der Waals surface area contributed by atoms with Crippen LogP contribution in [0.1, 0.15) is 26.2 Å². The molecule has 8 nitrogen and oxygen atoms in total. The highest BCUT2D eigenvalue weighted by atomic mass is 32.2. The predicted molar refractivity (Wildman–Crippen MR) is 83.2 cm³/mol. The van der Waals surface area contributed by atoms with Crippen LogP contribution in [-0.4, -0.2) is 61.1 Å². The van der Waals surface area contributed by atoms with Gasteiger partial charge in [0.15, 0.2) is 10.1 Å². The van der Waals surface area contributed by atoms with Gasteiger partial charge in [-0.25, -0.2) is 13.2 Å². The van der Waals surface area contributed by atoms with Crippen LogP contribution in [0.5, 0.6) is 0 Å². The van der Waals surface area contributed by atoms with Crippen molar-refractivity contribution in [2.24, 2.45) is 0 Å². The monoisotopic (exact) mass is 494 g/mol. The lowest BCUT2D eigenvalue weighted by Crippen LogP contribution is -2.62. The Morgan fingerprint density at radius 3 is 2.00 bits per heavy atom. The number of nitrogens with one attached hydrogen (secondary N) is 1. The molecule has 0 saturated heterocycles. The van der Waals surface area contributed by atoms with Crippen molar-refractivity contribution in [3.63, 3.8) is 0 Å². The molecule has 0 radical (unpaired) electrons. The maximum Gasteiger partial charge on any atom is 0.466 e. The number of ether oxygens (including phenoxy) is 2. The molecule has 0 spiro atoms. The lowest BCUT2D eigenvalue weighted by Gasteiger charge is -2.34. The molecule has 0 saturated carbocycles. The van der Waals surface area contributed by atoms with Crippen molar-refractivity contribution in [2.75, 3.05) is 13.2 Å². The number of carbonyl (C=O) groups excluding carboxylic acids is 2. The Kier molecular flexibility index (Phi) is 9.42. The summed E-state index contributed by atoms with van der Waals surface area (Å²) < 4.78 is 145. The third kappa shape index (κ3) is 6.73. The third-order valence-corrected chi connectivity index (χ3v) is 4.33. The summed E-state index contributed by atoms with van der Waals surface area (Å²) in [6.07, 6.45) is -8.19. The van der Waals surface area contributed by atoms with Crippen molar-refractivity contribution >= 4 is 22.0 Å². The predicted octanol–water partition coefficient (Wildman–Crippen LogP) is 2.37. The molecule has 182 valence electrons. The Hall–Kier alpha value is -2.01. The topological polar surface area (TPSA) is 122 Å². The van der Waals surface area contributed by atoms with Crippen LogP contribution < -0.4 is 5.32 Å². The lowest BCUT2D eigenvalue weighted by atomic mass is 10.2. The van der Waals surface area contributed by atoms with Crippen LogP contribution in [0, 0.1) is 0 Å². The number of hydrogen-bond acceptors (Lipinski definition) is 7. The molecule has 0 rings (SSSR count). The molecule has 0 aromatic rings. The molecule has 1 unspecified atom stereocenters. The Bertz CT molecular complexity index is 784. The number of amides is 1. The number of esters is 1.